The molecule has 0 aromatic carbocycles. The highest BCUT2D eigenvalue weighted by molar-refractivity contribution is 5.77. The molecule has 0 aliphatic carbocycles. The summed E-state index contributed by atoms with van der Waals surface area (Å²) in [6.07, 6.45) is 2.82. The third-order valence-corrected chi connectivity index (χ3v) is 2.36. The Bertz CT molecular complexity index is 203. The number of rotatable bonds is 8. The van der Waals surface area contributed by atoms with E-state index >= 15 is 0 Å². The van der Waals surface area contributed by atoms with Crippen LogP contribution in [0.15, 0.2) is 12.7 Å². The fourth-order valence-corrected chi connectivity index (χ4v) is 1.47. The number of carbonyl (C=O) groups is 1. The van der Waals surface area contributed by atoms with Gasteiger partial charge in [0.15, 0.2) is 0 Å². The monoisotopic (exact) mass is 216 g/mol. The van der Waals surface area contributed by atoms with E-state index in [1.54, 1.807) is 13.0 Å². The Morgan fingerprint density at radius 3 is 2.60 bits per heavy atom. The Morgan fingerprint density at radius 1 is 1.53 bits per heavy atom. The van der Waals surface area contributed by atoms with E-state index in [2.05, 4.69) is 6.58 Å². The Hall–Kier alpha value is -0.870. The minimum atomic E-state index is -0.930. The fraction of sp³-hybridized carbons (Fsp3) is 0.727. The third-order valence-electron chi connectivity index (χ3n) is 2.36. The second-order valence-electron chi connectivity index (χ2n) is 3.48. The number of ether oxygens (including phenoxy) is 1. The van der Waals surface area contributed by atoms with Crippen molar-refractivity contribution in [3.8, 4) is 0 Å². The van der Waals surface area contributed by atoms with Crippen LogP contribution in [0.3, 0.4) is 0 Å². The van der Waals surface area contributed by atoms with Gasteiger partial charge in [0.1, 0.15) is 0 Å². The molecule has 0 amide bonds. The maximum Gasteiger partial charge on any atom is 0.314 e. The topological polar surface area (TPSA) is 66.8 Å². The predicted molar refractivity (Wildman–Crippen MR) is 57.3 cm³/mol. The van der Waals surface area contributed by atoms with Gasteiger partial charge in [0.25, 0.3) is 0 Å². The lowest BCUT2D eigenvalue weighted by molar-refractivity contribution is -0.158. The molecule has 0 heterocycles. The summed E-state index contributed by atoms with van der Waals surface area (Å²) < 4.78 is 4.92. The van der Waals surface area contributed by atoms with E-state index in [1.807, 2.05) is 0 Å². The summed E-state index contributed by atoms with van der Waals surface area (Å²) >= 11 is 0. The molecule has 0 saturated heterocycles. The molecule has 1 atom stereocenters. The summed E-state index contributed by atoms with van der Waals surface area (Å²) in [7, 11) is 0. The molecule has 0 aromatic rings. The van der Waals surface area contributed by atoms with E-state index in [4.69, 9.17) is 9.84 Å². The summed E-state index contributed by atoms with van der Waals surface area (Å²) in [5.41, 5.74) is -0.930. The Labute approximate surface area is 90.6 Å². The lowest BCUT2D eigenvalue weighted by Crippen LogP contribution is -2.36. The highest BCUT2D eigenvalue weighted by Gasteiger charge is 2.37. The first-order chi connectivity index (χ1) is 7.16. The number of aliphatic hydroxyl groups excluding tert-OH is 2. The van der Waals surface area contributed by atoms with E-state index in [9.17, 15) is 9.90 Å². The first-order valence-corrected chi connectivity index (χ1v) is 5.16. The molecule has 0 bridgehead atoms. The molecule has 15 heavy (non-hydrogen) atoms. The van der Waals surface area contributed by atoms with Crippen molar-refractivity contribution in [2.24, 2.45) is 5.41 Å². The zero-order valence-corrected chi connectivity index (χ0v) is 9.24. The largest absolute Gasteiger partial charge is 0.465 e. The number of aliphatic hydroxyl groups is 2. The van der Waals surface area contributed by atoms with E-state index in [0.29, 0.717) is 19.3 Å². The van der Waals surface area contributed by atoms with Crippen molar-refractivity contribution in [3.05, 3.63) is 12.7 Å². The molecule has 0 spiro atoms. The molecular weight excluding hydrogens is 196 g/mol. The summed E-state index contributed by atoms with van der Waals surface area (Å²) in [6, 6.07) is 0. The molecular formula is C11H20O4. The van der Waals surface area contributed by atoms with Gasteiger partial charge in [-0.1, -0.05) is 6.08 Å². The SMILES string of the molecule is C=CC[C@](CO)(CCCO)C(=O)OCC. The Morgan fingerprint density at radius 2 is 2.20 bits per heavy atom. The van der Waals surface area contributed by atoms with E-state index in [1.165, 1.54) is 0 Å². The van der Waals surface area contributed by atoms with Crippen LogP contribution in [0.2, 0.25) is 0 Å². The Kier molecular flexibility index (Phi) is 6.99. The first kappa shape index (κ1) is 14.1. The fourth-order valence-electron chi connectivity index (χ4n) is 1.47. The number of allylic oxidation sites excluding steroid dienone is 1. The van der Waals surface area contributed by atoms with Crippen LogP contribution in [0.4, 0.5) is 0 Å². The van der Waals surface area contributed by atoms with Crippen LogP contribution in [0, 0.1) is 5.41 Å². The molecule has 88 valence electrons. The van der Waals surface area contributed by atoms with Gasteiger partial charge in [0, 0.05) is 6.61 Å². The first-order valence-electron chi connectivity index (χ1n) is 5.16. The second-order valence-corrected chi connectivity index (χ2v) is 3.48. The average molecular weight is 216 g/mol. The van der Waals surface area contributed by atoms with Gasteiger partial charge in [0.2, 0.25) is 0 Å². The van der Waals surface area contributed by atoms with Crippen molar-refractivity contribution in [2.45, 2.75) is 26.2 Å². The van der Waals surface area contributed by atoms with Crippen molar-refractivity contribution < 1.29 is 19.7 Å². The summed E-state index contributed by atoms with van der Waals surface area (Å²) in [4.78, 5) is 11.7. The van der Waals surface area contributed by atoms with Gasteiger partial charge in [-0.15, -0.1) is 6.58 Å². The predicted octanol–water partition coefficient (Wildman–Crippen LogP) is 0.877. The molecule has 0 saturated carbocycles. The van der Waals surface area contributed by atoms with Crippen molar-refractivity contribution in [1.29, 1.82) is 0 Å². The molecule has 0 radical (unpaired) electrons. The van der Waals surface area contributed by atoms with Gasteiger partial charge < -0.3 is 14.9 Å². The maximum atomic E-state index is 11.7. The van der Waals surface area contributed by atoms with Gasteiger partial charge in [0.05, 0.1) is 18.6 Å². The number of hydrogen-bond acceptors (Lipinski definition) is 4. The molecule has 0 aliphatic rings. The van der Waals surface area contributed by atoms with Crippen LogP contribution in [0.25, 0.3) is 0 Å². The lowest BCUT2D eigenvalue weighted by atomic mass is 9.81. The molecule has 0 aliphatic heterocycles. The van der Waals surface area contributed by atoms with E-state index in [0.717, 1.165) is 0 Å². The van der Waals surface area contributed by atoms with Crippen LogP contribution in [-0.4, -0.2) is 36.0 Å². The van der Waals surface area contributed by atoms with Gasteiger partial charge in [-0.2, -0.15) is 0 Å². The zero-order valence-electron chi connectivity index (χ0n) is 9.24. The molecule has 0 rings (SSSR count). The highest BCUT2D eigenvalue weighted by atomic mass is 16.5. The summed E-state index contributed by atoms with van der Waals surface area (Å²) in [5.74, 6) is -0.416. The molecule has 2 N–H and O–H groups in total. The molecule has 0 unspecified atom stereocenters. The zero-order chi connectivity index (χ0) is 11.7. The third kappa shape index (κ3) is 4.01. The van der Waals surface area contributed by atoms with E-state index in [-0.39, 0.29) is 19.8 Å². The number of esters is 1. The van der Waals surface area contributed by atoms with Crippen molar-refractivity contribution in [2.75, 3.05) is 19.8 Å². The van der Waals surface area contributed by atoms with Crippen LogP contribution in [0.5, 0.6) is 0 Å². The van der Waals surface area contributed by atoms with Gasteiger partial charge in [-0.3, -0.25) is 4.79 Å². The van der Waals surface area contributed by atoms with Gasteiger partial charge in [-0.25, -0.2) is 0 Å². The number of carbonyl (C=O) groups excluding carboxylic acids is 1. The van der Waals surface area contributed by atoms with Gasteiger partial charge in [-0.05, 0) is 26.2 Å². The average Bonchev–Trinajstić information content (AvgIpc) is 2.24. The van der Waals surface area contributed by atoms with Crippen LogP contribution >= 0.6 is 0 Å². The van der Waals surface area contributed by atoms with Gasteiger partial charge >= 0.3 is 5.97 Å². The smallest absolute Gasteiger partial charge is 0.314 e. The summed E-state index contributed by atoms with van der Waals surface area (Å²) in [5, 5.41) is 18.0. The van der Waals surface area contributed by atoms with E-state index < -0.39 is 11.4 Å². The quantitative estimate of drug-likeness (QED) is 0.467. The van der Waals surface area contributed by atoms with Crippen molar-refractivity contribution >= 4 is 5.97 Å². The number of hydrogen-bond donors (Lipinski definition) is 2. The normalized spacial score (nSPS) is 14.3. The Balaban J connectivity index is 4.61. The molecule has 0 aromatic heterocycles. The standard InChI is InChI=1S/C11H20O4/c1-3-6-11(9-13,7-5-8-12)10(14)15-4-2/h3,12-13H,1,4-9H2,2H3/t11-/m1/s1. The lowest BCUT2D eigenvalue weighted by Gasteiger charge is -2.27. The molecule has 4 heteroatoms. The molecule has 0 fully saturated rings. The molecule has 4 nitrogen and oxygen atoms in total. The summed E-state index contributed by atoms with van der Waals surface area (Å²) in [6.45, 7) is 5.29. The minimum absolute atomic E-state index is 0.00169. The van der Waals surface area contributed by atoms with Crippen molar-refractivity contribution in [1.82, 2.24) is 0 Å². The van der Waals surface area contributed by atoms with Crippen molar-refractivity contribution in [3.63, 3.8) is 0 Å². The van der Waals surface area contributed by atoms with Crippen LogP contribution in [-0.2, 0) is 9.53 Å². The van der Waals surface area contributed by atoms with Crippen LogP contribution < -0.4 is 0 Å². The maximum absolute atomic E-state index is 11.7. The second kappa shape index (κ2) is 7.43. The highest BCUT2D eigenvalue weighted by Crippen LogP contribution is 2.29. The van der Waals surface area contributed by atoms with Crippen LogP contribution in [0.1, 0.15) is 26.2 Å². The minimum Gasteiger partial charge on any atom is -0.465 e.